The fraction of sp³-hybridized carbons (Fsp3) is 0.769. The summed E-state index contributed by atoms with van der Waals surface area (Å²) < 4.78 is 0. The number of amides is 3. The van der Waals surface area contributed by atoms with Crippen molar-refractivity contribution in [1.29, 1.82) is 0 Å². The zero-order valence-electron chi connectivity index (χ0n) is 12.0. The molecule has 3 amide bonds. The Kier molecular flexibility index (Phi) is 4.68. The Morgan fingerprint density at radius 3 is 2.58 bits per heavy atom. The molecule has 108 valence electrons. The van der Waals surface area contributed by atoms with Crippen LogP contribution in [-0.2, 0) is 14.4 Å². The molecule has 19 heavy (non-hydrogen) atoms. The predicted molar refractivity (Wildman–Crippen MR) is 71.0 cm³/mol. The Morgan fingerprint density at radius 2 is 2.05 bits per heavy atom. The zero-order chi connectivity index (χ0) is 14.8. The van der Waals surface area contributed by atoms with E-state index in [1.165, 1.54) is 7.05 Å². The third kappa shape index (κ3) is 4.02. The van der Waals surface area contributed by atoms with Crippen molar-refractivity contribution in [2.45, 2.75) is 52.1 Å². The van der Waals surface area contributed by atoms with Crippen LogP contribution in [0, 0.1) is 5.41 Å². The number of likely N-dealkylation sites (N-methyl/N-ethyl adjacent to an activating group) is 1. The van der Waals surface area contributed by atoms with Gasteiger partial charge in [0.05, 0.1) is 0 Å². The molecule has 0 saturated carbocycles. The van der Waals surface area contributed by atoms with Crippen LogP contribution in [0.2, 0.25) is 0 Å². The summed E-state index contributed by atoms with van der Waals surface area (Å²) in [6, 6.07) is -0.882. The largest absolute Gasteiger partial charge is 0.344 e. The van der Waals surface area contributed by atoms with Crippen LogP contribution in [0.15, 0.2) is 0 Å². The molecule has 2 atom stereocenters. The van der Waals surface area contributed by atoms with Crippen molar-refractivity contribution in [1.82, 2.24) is 10.2 Å². The summed E-state index contributed by atoms with van der Waals surface area (Å²) in [5.74, 6) is -0.806. The van der Waals surface area contributed by atoms with E-state index < -0.39 is 6.04 Å². The van der Waals surface area contributed by atoms with Gasteiger partial charge < -0.3 is 11.1 Å². The van der Waals surface area contributed by atoms with Gasteiger partial charge in [0.25, 0.3) is 5.91 Å². The molecule has 0 aliphatic carbocycles. The number of nitrogens with zero attached hydrogens (tertiary/aromatic N) is 1. The standard InChI is InChI=1S/C13H23N3O3/c1-13(2,3)9(14)7-10(17)15-8-5-6-11(18)16(4)12(8)19/h8-9H,5-7,14H2,1-4H3,(H,15,17). The minimum Gasteiger partial charge on any atom is -0.344 e. The second-order valence-corrected chi connectivity index (χ2v) is 6.13. The van der Waals surface area contributed by atoms with Crippen LogP contribution in [-0.4, -0.2) is 41.8 Å². The lowest BCUT2D eigenvalue weighted by molar-refractivity contribution is -0.149. The van der Waals surface area contributed by atoms with Crippen LogP contribution in [0.4, 0.5) is 0 Å². The Morgan fingerprint density at radius 1 is 1.47 bits per heavy atom. The normalized spacial score (nSPS) is 22.4. The minimum atomic E-state index is -0.609. The van der Waals surface area contributed by atoms with Crippen LogP contribution in [0.5, 0.6) is 0 Å². The molecule has 1 fully saturated rings. The first-order valence-corrected chi connectivity index (χ1v) is 6.48. The molecule has 1 heterocycles. The average molecular weight is 269 g/mol. The number of rotatable bonds is 3. The van der Waals surface area contributed by atoms with Gasteiger partial charge in [-0.2, -0.15) is 0 Å². The summed E-state index contributed by atoms with van der Waals surface area (Å²) in [6.07, 6.45) is 0.807. The molecule has 1 saturated heterocycles. The molecule has 1 aliphatic rings. The van der Waals surface area contributed by atoms with Crippen LogP contribution >= 0.6 is 0 Å². The summed E-state index contributed by atoms with van der Waals surface area (Å²) in [7, 11) is 1.43. The number of hydrogen-bond acceptors (Lipinski definition) is 4. The van der Waals surface area contributed by atoms with E-state index in [0.29, 0.717) is 6.42 Å². The first-order valence-electron chi connectivity index (χ1n) is 6.48. The first kappa shape index (κ1) is 15.6. The van der Waals surface area contributed by atoms with E-state index in [2.05, 4.69) is 5.32 Å². The van der Waals surface area contributed by atoms with Gasteiger partial charge in [-0.05, 0) is 11.8 Å². The highest BCUT2D eigenvalue weighted by molar-refractivity contribution is 6.01. The van der Waals surface area contributed by atoms with Crippen molar-refractivity contribution in [2.24, 2.45) is 11.1 Å². The number of carbonyl (C=O) groups excluding carboxylic acids is 3. The van der Waals surface area contributed by atoms with Gasteiger partial charge in [-0.15, -0.1) is 0 Å². The molecule has 1 aliphatic heterocycles. The van der Waals surface area contributed by atoms with E-state index in [0.717, 1.165) is 4.90 Å². The fourth-order valence-corrected chi connectivity index (χ4v) is 1.81. The zero-order valence-corrected chi connectivity index (χ0v) is 12.0. The molecule has 0 radical (unpaired) electrons. The monoisotopic (exact) mass is 269 g/mol. The Balaban J connectivity index is 2.54. The third-order valence-corrected chi connectivity index (χ3v) is 3.50. The average Bonchev–Trinajstić information content (AvgIpc) is 2.28. The molecule has 0 aromatic rings. The highest BCUT2D eigenvalue weighted by atomic mass is 16.2. The van der Waals surface area contributed by atoms with Crippen molar-refractivity contribution in [2.75, 3.05) is 7.05 Å². The molecular formula is C13H23N3O3. The van der Waals surface area contributed by atoms with Crippen molar-refractivity contribution in [3.63, 3.8) is 0 Å². The summed E-state index contributed by atoms with van der Waals surface area (Å²) >= 11 is 0. The van der Waals surface area contributed by atoms with Crippen molar-refractivity contribution >= 4 is 17.7 Å². The van der Waals surface area contributed by atoms with Gasteiger partial charge in [0.15, 0.2) is 0 Å². The van der Waals surface area contributed by atoms with E-state index in [9.17, 15) is 14.4 Å². The molecule has 6 nitrogen and oxygen atoms in total. The van der Waals surface area contributed by atoms with Crippen molar-refractivity contribution < 1.29 is 14.4 Å². The lowest BCUT2D eigenvalue weighted by Gasteiger charge is -2.30. The SMILES string of the molecule is CN1C(=O)CCC(NC(=O)CC(N)C(C)(C)C)C1=O. The van der Waals surface area contributed by atoms with Crippen LogP contribution in [0.3, 0.4) is 0 Å². The molecule has 0 aromatic heterocycles. The third-order valence-electron chi connectivity index (χ3n) is 3.50. The Hall–Kier alpha value is -1.43. The van der Waals surface area contributed by atoms with Gasteiger partial charge >= 0.3 is 0 Å². The molecule has 0 spiro atoms. The lowest BCUT2D eigenvalue weighted by Crippen LogP contribution is -2.53. The number of likely N-dealkylation sites (tertiary alicyclic amines) is 1. The Labute approximate surface area is 113 Å². The first-order chi connectivity index (χ1) is 8.62. The van der Waals surface area contributed by atoms with Crippen LogP contribution in [0.1, 0.15) is 40.0 Å². The maximum Gasteiger partial charge on any atom is 0.251 e. The number of hydrogen-bond donors (Lipinski definition) is 2. The van der Waals surface area contributed by atoms with Crippen LogP contribution < -0.4 is 11.1 Å². The lowest BCUT2D eigenvalue weighted by atomic mass is 9.85. The smallest absolute Gasteiger partial charge is 0.251 e. The van der Waals surface area contributed by atoms with Gasteiger partial charge in [0.1, 0.15) is 6.04 Å². The fourth-order valence-electron chi connectivity index (χ4n) is 1.81. The Bertz CT molecular complexity index is 387. The molecule has 1 rings (SSSR count). The van der Waals surface area contributed by atoms with Gasteiger partial charge in [-0.3, -0.25) is 19.3 Å². The van der Waals surface area contributed by atoms with Crippen molar-refractivity contribution in [3.8, 4) is 0 Å². The second kappa shape index (κ2) is 5.69. The second-order valence-electron chi connectivity index (χ2n) is 6.13. The highest BCUT2D eigenvalue weighted by Gasteiger charge is 2.33. The van der Waals surface area contributed by atoms with Crippen LogP contribution in [0.25, 0.3) is 0 Å². The van der Waals surface area contributed by atoms with E-state index >= 15 is 0 Å². The van der Waals surface area contributed by atoms with E-state index in [4.69, 9.17) is 5.73 Å². The summed E-state index contributed by atoms with van der Waals surface area (Å²) in [5.41, 5.74) is 5.76. The molecular weight excluding hydrogens is 246 g/mol. The van der Waals surface area contributed by atoms with Gasteiger partial charge in [0, 0.05) is 25.9 Å². The van der Waals surface area contributed by atoms with Gasteiger partial charge in [0.2, 0.25) is 11.8 Å². The van der Waals surface area contributed by atoms with Gasteiger partial charge in [-0.1, -0.05) is 20.8 Å². The van der Waals surface area contributed by atoms with Gasteiger partial charge in [-0.25, -0.2) is 0 Å². The summed E-state index contributed by atoms with van der Waals surface area (Å²) in [5, 5.41) is 2.66. The topological polar surface area (TPSA) is 92.5 Å². The highest BCUT2D eigenvalue weighted by Crippen LogP contribution is 2.20. The summed E-state index contributed by atoms with van der Waals surface area (Å²) in [6.45, 7) is 5.88. The quantitative estimate of drug-likeness (QED) is 0.706. The molecule has 0 bridgehead atoms. The predicted octanol–water partition coefficient (Wildman–Crippen LogP) is 0.0135. The minimum absolute atomic E-state index is 0.166. The number of carbonyl (C=O) groups is 3. The van der Waals surface area contributed by atoms with Crippen molar-refractivity contribution in [3.05, 3.63) is 0 Å². The van der Waals surface area contributed by atoms with E-state index in [1.807, 2.05) is 20.8 Å². The van der Waals surface area contributed by atoms with E-state index in [1.54, 1.807) is 0 Å². The maximum atomic E-state index is 11.9. The number of piperidine rings is 1. The molecule has 2 unspecified atom stereocenters. The molecule has 0 aromatic carbocycles. The number of nitrogens with two attached hydrogens (primary N) is 1. The summed E-state index contributed by atoms with van der Waals surface area (Å²) in [4.78, 5) is 36.1. The van der Waals surface area contributed by atoms with E-state index in [-0.39, 0.29) is 42.0 Å². The number of nitrogens with one attached hydrogen (secondary N) is 1. The number of imide groups is 1. The molecule has 3 N–H and O–H groups in total. The molecule has 6 heteroatoms. The maximum absolute atomic E-state index is 11.9.